The zero-order chi connectivity index (χ0) is 18.4. The van der Waals surface area contributed by atoms with E-state index >= 15 is 0 Å². The molecule has 0 radical (unpaired) electrons. The Morgan fingerprint density at radius 1 is 1.12 bits per heavy atom. The highest BCUT2D eigenvalue weighted by atomic mass is 35.5. The van der Waals surface area contributed by atoms with Crippen molar-refractivity contribution in [2.75, 3.05) is 19.0 Å². The predicted molar refractivity (Wildman–Crippen MR) is 93.1 cm³/mol. The van der Waals surface area contributed by atoms with Crippen LogP contribution in [0.1, 0.15) is 10.4 Å². The molecule has 25 heavy (non-hydrogen) atoms. The van der Waals surface area contributed by atoms with E-state index in [2.05, 4.69) is 14.8 Å². The van der Waals surface area contributed by atoms with Crippen molar-refractivity contribution in [3.05, 3.63) is 59.1 Å². The molecule has 0 aliphatic carbocycles. The average Bonchev–Trinajstić information content (AvgIpc) is 2.60. The summed E-state index contributed by atoms with van der Waals surface area (Å²) >= 11 is 5.71. The van der Waals surface area contributed by atoms with E-state index in [4.69, 9.17) is 11.6 Å². The molecule has 7 nitrogen and oxygen atoms in total. The molecule has 0 heterocycles. The molecule has 0 aromatic heterocycles. The Hall–Kier alpha value is -2.42. The molecule has 0 fully saturated rings. The Bertz CT molecular complexity index is 882. The number of nitrogens with one attached hydrogen (secondary N) is 2. The minimum Gasteiger partial charge on any atom is -0.465 e. The quantitative estimate of drug-likeness (QED) is 0.744. The van der Waals surface area contributed by atoms with Crippen LogP contribution in [0.3, 0.4) is 0 Å². The van der Waals surface area contributed by atoms with Crippen LogP contribution in [-0.4, -0.2) is 33.9 Å². The van der Waals surface area contributed by atoms with E-state index in [1.165, 1.54) is 43.5 Å². The monoisotopic (exact) mass is 382 g/mol. The summed E-state index contributed by atoms with van der Waals surface area (Å²) in [4.78, 5) is 23.4. The van der Waals surface area contributed by atoms with Crippen molar-refractivity contribution in [3.63, 3.8) is 0 Å². The van der Waals surface area contributed by atoms with Gasteiger partial charge in [-0.05, 0) is 42.5 Å². The van der Waals surface area contributed by atoms with Gasteiger partial charge in [0.25, 0.3) is 0 Å². The maximum Gasteiger partial charge on any atom is 0.337 e. The van der Waals surface area contributed by atoms with Crippen LogP contribution >= 0.6 is 11.6 Å². The molecular formula is C16H15ClN2O5S. The Morgan fingerprint density at radius 2 is 1.80 bits per heavy atom. The third-order valence-corrected chi connectivity index (χ3v) is 4.78. The van der Waals surface area contributed by atoms with E-state index in [0.717, 1.165) is 0 Å². The topological polar surface area (TPSA) is 102 Å². The molecule has 0 aliphatic rings. The lowest BCUT2D eigenvalue weighted by atomic mass is 10.2. The van der Waals surface area contributed by atoms with Crippen molar-refractivity contribution < 1.29 is 22.7 Å². The van der Waals surface area contributed by atoms with Crippen LogP contribution < -0.4 is 10.0 Å². The van der Waals surface area contributed by atoms with E-state index in [-0.39, 0.29) is 10.5 Å². The van der Waals surface area contributed by atoms with Crippen molar-refractivity contribution in [3.8, 4) is 0 Å². The molecule has 2 aromatic rings. The third-order valence-electron chi connectivity index (χ3n) is 3.11. The van der Waals surface area contributed by atoms with E-state index in [9.17, 15) is 18.0 Å². The molecule has 2 N–H and O–H groups in total. The number of benzene rings is 2. The zero-order valence-electron chi connectivity index (χ0n) is 13.2. The smallest absolute Gasteiger partial charge is 0.337 e. The largest absolute Gasteiger partial charge is 0.465 e. The van der Waals surface area contributed by atoms with Gasteiger partial charge in [0.2, 0.25) is 15.9 Å². The van der Waals surface area contributed by atoms with Crippen LogP contribution in [0.15, 0.2) is 53.4 Å². The number of carbonyl (C=O) groups excluding carboxylic acids is 2. The fraction of sp³-hybridized carbons (Fsp3) is 0.125. The van der Waals surface area contributed by atoms with Gasteiger partial charge in [-0.1, -0.05) is 17.7 Å². The Balaban J connectivity index is 1.99. The Kier molecular flexibility index (Phi) is 6.13. The maximum absolute atomic E-state index is 12.1. The summed E-state index contributed by atoms with van der Waals surface area (Å²) in [5.74, 6) is -1.13. The molecule has 0 aliphatic heterocycles. The molecule has 0 saturated carbocycles. The van der Waals surface area contributed by atoms with Crippen molar-refractivity contribution in [1.82, 2.24) is 4.72 Å². The summed E-state index contributed by atoms with van der Waals surface area (Å²) in [7, 11) is -2.58. The number of amides is 1. The van der Waals surface area contributed by atoms with Crippen molar-refractivity contribution in [1.29, 1.82) is 0 Å². The van der Waals surface area contributed by atoms with Crippen molar-refractivity contribution >= 4 is 39.2 Å². The van der Waals surface area contributed by atoms with Gasteiger partial charge in [-0.3, -0.25) is 4.79 Å². The van der Waals surface area contributed by atoms with E-state index in [0.29, 0.717) is 10.7 Å². The van der Waals surface area contributed by atoms with Crippen LogP contribution in [0.4, 0.5) is 5.69 Å². The highest BCUT2D eigenvalue weighted by molar-refractivity contribution is 7.89. The molecule has 9 heteroatoms. The number of hydrogen-bond acceptors (Lipinski definition) is 5. The number of rotatable bonds is 6. The summed E-state index contributed by atoms with van der Waals surface area (Å²) in [6, 6.07) is 11.6. The van der Waals surface area contributed by atoms with Gasteiger partial charge in [-0.25, -0.2) is 17.9 Å². The van der Waals surface area contributed by atoms with Gasteiger partial charge in [0.15, 0.2) is 0 Å². The minimum absolute atomic E-state index is 0.00242. The lowest BCUT2D eigenvalue weighted by Crippen LogP contribution is -2.32. The van der Waals surface area contributed by atoms with E-state index in [1.54, 1.807) is 12.1 Å². The van der Waals surface area contributed by atoms with Gasteiger partial charge in [-0.2, -0.15) is 0 Å². The summed E-state index contributed by atoms with van der Waals surface area (Å²) in [5, 5.41) is 2.90. The first-order valence-corrected chi connectivity index (χ1v) is 8.91. The molecule has 0 unspecified atom stereocenters. The van der Waals surface area contributed by atoms with Crippen LogP contribution in [0.2, 0.25) is 5.02 Å². The lowest BCUT2D eigenvalue weighted by Gasteiger charge is -2.09. The fourth-order valence-electron chi connectivity index (χ4n) is 1.90. The molecule has 0 bridgehead atoms. The van der Waals surface area contributed by atoms with Gasteiger partial charge >= 0.3 is 5.97 Å². The fourth-order valence-corrected chi connectivity index (χ4v) is 3.01. The highest BCUT2D eigenvalue weighted by Crippen LogP contribution is 2.14. The first kappa shape index (κ1) is 18.9. The number of ether oxygens (including phenoxy) is 1. The average molecular weight is 383 g/mol. The Labute approximate surface area is 150 Å². The number of carbonyl (C=O) groups is 2. The SMILES string of the molecule is COC(=O)c1cccc(NC(=O)CNS(=O)(=O)c2ccc(Cl)cc2)c1. The van der Waals surface area contributed by atoms with Crippen LogP contribution in [0.5, 0.6) is 0 Å². The third kappa shape index (κ3) is 5.28. The zero-order valence-corrected chi connectivity index (χ0v) is 14.7. The minimum atomic E-state index is -3.83. The second kappa shape index (κ2) is 8.11. The summed E-state index contributed by atoms with van der Waals surface area (Å²) in [5.41, 5.74) is 0.612. The molecule has 0 spiro atoms. The second-order valence-electron chi connectivity index (χ2n) is 4.90. The summed E-state index contributed by atoms with van der Waals surface area (Å²) in [6.45, 7) is -0.465. The molecule has 2 rings (SSSR count). The molecule has 2 aromatic carbocycles. The molecule has 1 amide bonds. The molecule has 132 valence electrons. The van der Waals surface area contributed by atoms with Gasteiger partial charge < -0.3 is 10.1 Å². The highest BCUT2D eigenvalue weighted by Gasteiger charge is 2.15. The predicted octanol–water partition coefficient (Wildman–Crippen LogP) is 2.04. The number of sulfonamides is 1. The standard InChI is InChI=1S/C16H15ClN2O5S/c1-24-16(21)11-3-2-4-13(9-11)19-15(20)10-18-25(22,23)14-7-5-12(17)6-8-14/h2-9,18H,10H2,1H3,(H,19,20). The Morgan fingerprint density at radius 3 is 2.44 bits per heavy atom. The van der Waals surface area contributed by atoms with Crippen LogP contribution in [-0.2, 0) is 19.6 Å². The second-order valence-corrected chi connectivity index (χ2v) is 7.10. The first-order chi connectivity index (χ1) is 11.8. The van der Waals surface area contributed by atoms with Gasteiger partial charge in [0, 0.05) is 10.7 Å². The van der Waals surface area contributed by atoms with E-state index in [1.807, 2.05) is 0 Å². The van der Waals surface area contributed by atoms with Crippen LogP contribution in [0, 0.1) is 0 Å². The van der Waals surface area contributed by atoms with Gasteiger partial charge in [-0.15, -0.1) is 0 Å². The number of methoxy groups -OCH3 is 1. The normalized spacial score (nSPS) is 11.0. The molecule has 0 saturated heterocycles. The summed E-state index contributed by atoms with van der Waals surface area (Å²) in [6.07, 6.45) is 0. The first-order valence-electron chi connectivity index (χ1n) is 7.05. The number of esters is 1. The molecule has 0 atom stereocenters. The van der Waals surface area contributed by atoms with Crippen molar-refractivity contribution in [2.24, 2.45) is 0 Å². The van der Waals surface area contributed by atoms with Crippen molar-refractivity contribution in [2.45, 2.75) is 4.90 Å². The molecular weight excluding hydrogens is 368 g/mol. The van der Waals surface area contributed by atoms with E-state index < -0.39 is 28.4 Å². The lowest BCUT2D eigenvalue weighted by molar-refractivity contribution is -0.115. The maximum atomic E-state index is 12.1. The van der Waals surface area contributed by atoms with Crippen LogP contribution in [0.25, 0.3) is 0 Å². The van der Waals surface area contributed by atoms with Gasteiger partial charge in [0.1, 0.15) is 0 Å². The number of halogens is 1. The summed E-state index contributed by atoms with van der Waals surface area (Å²) < 4.78 is 31.0. The number of anilines is 1. The van der Waals surface area contributed by atoms with Gasteiger partial charge in [0.05, 0.1) is 24.1 Å². The number of hydrogen-bond donors (Lipinski definition) is 2.